The van der Waals surface area contributed by atoms with Crippen LogP contribution in [0.15, 0.2) is 12.3 Å². The topological polar surface area (TPSA) is 51.6 Å². The summed E-state index contributed by atoms with van der Waals surface area (Å²) in [5.41, 5.74) is 1.48. The molecule has 78 valence electrons. The summed E-state index contributed by atoms with van der Waals surface area (Å²) in [5, 5.41) is 8.98. The van der Waals surface area contributed by atoms with Gasteiger partial charge in [0.2, 0.25) is 0 Å². The summed E-state index contributed by atoms with van der Waals surface area (Å²) in [6.45, 7) is 3.58. The van der Waals surface area contributed by atoms with Crippen molar-refractivity contribution in [2.75, 3.05) is 7.11 Å². The number of pyridine rings is 1. The first-order chi connectivity index (χ1) is 6.69. The molecule has 0 spiro atoms. The maximum Gasteiger partial charge on any atom is 0.196 e. The Morgan fingerprint density at radius 2 is 2.29 bits per heavy atom. The molecule has 1 aromatic heterocycles. The van der Waals surface area contributed by atoms with Crippen molar-refractivity contribution in [3.8, 4) is 5.75 Å². The third-order valence-corrected chi connectivity index (χ3v) is 2.03. The van der Waals surface area contributed by atoms with E-state index in [1.54, 1.807) is 26.3 Å². The molecule has 1 aromatic rings. The quantitative estimate of drug-likeness (QED) is 0.738. The van der Waals surface area contributed by atoms with Gasteiger partial charge in [0.25, 0.3) is 0 Å². The molecule has 0 aliphatic rings. The van der Waals surface area contributed by atoms with Crippen molar-refractivity contribution in [2.45, 2.75) is 26.7 Å². The van der Waals surface area contributed by atoms with Gasteiger partial charge in [0.05, 0.1) is 12.3 Å². The Kier molecular flexibility index (Phi) is 3.85. The van der Waals surface area contributed by atoms with Crippen LogP contribution in [0.3, 0.4) is 0 Å². The lowest BCUT2D eigenvalue weighted by Crippen LogP contribution is -2.14. The van der Waals surface area contributed by atoms with Crippen molar-refractivity contribution in [3.63, 3.8) is 0 Å². The SMILES string of the molecule is COC(C)Oc1ccnc(CO)c1C. The number of hydrogen-bond donors (Lipinski definition) is 1. The predicted octanol–water partition coefficient (Wildman–Crippen LogP) is 1.25. The Balaban J connectivity index is 2.86. The van der Waals surface area contributed by atoms with Gasteiger partial charge >= 0.3 is 0 Å². The van der Waals surface area contributed by atoms with Crippen LogP contribution in [0.1, 0.15) is 18.2 Å². The van der Waals surface area contributed by atoms with Crippen LogP contribution in [0.2, 0.25) is 0 Å². The molecule has 0 aliphatic carbocycles. The highest BCUT2D eigenvalue weighted by molar-refractivity contribution is 5.34. The highest BCUT2D eigenvalue weighted by atomic mass is 16.7. The molecular weight excluding hydrogens is 182 g/mol. The average molecular weight is 197 g/mol. The molecule has 4 heteroatoms. The fourth-order valence-electron chi connectivity index (χ4n) is 1.07. The lowest BCUT2D eigenvalue weighted by atomic mass is 10.2. The number of hydrogen-bond acceptors (Lipinski definition) is 4. The molecule has 0 saturated heterocycles. The van der Waals surface area contributed by atoms with E-state index in [1.807, 2.05) is 6.92 Å². The molecule has 0 bridgehead atoms. The van der Waals surface area contributed by atoms with E-state index in [-0.39, 0.29) is 12.9 Å². The smallest absolute Gasteiger partial charge is 0.196 e. The number of aromatic nitrogens is 1. The molecule has 4 nitrogen and oxygen atoms in total. The molecule has 0 aromatic carbocycles. The summed E-state index contributed by atoms with van der Waals surface area (Å²) in [5.74, 6) is 0.693. The summed E-state index contributed by atoms with van der Waals surface area (Å²) < 4.78 is 10.4. The minimum Gasteiger partial charge on any atom is -0.465 e. The second-order valence-corrected chi connectivity index (χ2v) is 2.96. The van der Waals surface area contributed by atoms with Gasteiger partial charge in [0.15, 0.2) is 6.29 Å². The van der Waals surface area contributed by atoms with E-state index in [4.69, 9.17) is 14.6 Å². The summed E-state index contributed by atoms with van der Waals surface area (Å²) >= 11 is 0. The van der Waals surface area contributed by atoms with Crippen LogP contribution in [0.25, 0.3) is 0 Å². The fourth-order valence-corrected chi connectivity index (χ4v) is 1.07. The molecule has 1 atom stereocenters. The number of methoxy groups -OCH3 is 1. The van der Waals surface area contributed by atoms with E-state index in [2.05, 4.69) is 4.98 Å². The van der Waals surface area contributed by atoms with Crippen molar-refractivity contribution in [1.82, 2.24) is 4.98 Å². The minimum absolute atomic E-state index is 0.0790. The zero-order valence-corrected chi connectivity index (χ0v) is 8.65. The molecule has 0 fully saturated rings. The Hall–Kier alpha value is -1.13. The number of nitrogens with zero attached hydrogens (tertiary/aromatic N) is 1. The van der Waals surface area contributed by atoms with Gasteiger partial charge in [-0.3, -0.25) is 4.98 Å². The Morgan fingerprint density at radius 3 is 2.86 bits per heavy atom. The first-order valence-corrected chi connectivity index (χ1v) is 4.43. The van der Waals surface area contributed by atoms with E-state index in [9.17, 15) is 0 Å². The second-order valence-electron chi connectivity index (χ2n) is 2.96. The van der Waals surface area contributed by atoms with Crippen molar-refractivity contribution in [3.05, 3.63) is 23.5 Å². The lowest BCUT2D eigenvalue weighted by Gasteiger charge is -2.15. The highest BCUT2D eigenvalue weighted by Crippen LogP contribution is 2.20. The van der Waals surface area contributed by atoms with Crippen molar-refractivity contribution >= 4 is 0 Å². The van der Waals surface area contributed by atoms with E-state index >= 15 is 0 Å². The van der Waals surface area contributed by atoms with Gasteiger partial charge in [-0.15, -0.1) is 0 Å². The highest BCUT2D eigenvalue weighted by Gasteiger charge is 2.08. The summed E-state index contributed by atoms with van der Waals surface area (Å²) in [7, 11) is 1.58. The zero-order valence-electron chi connectivity index (χ0n) is 8.65. The van der Waals surface area contributed by atoms with E-state index in [0.717, 1.165) is 5.56 Å². The summed E-state index contributed by atoms with van der Waals surface area (Å²) in [6.07, 6.45) is 1.30. The van der Waals surface area contributed by atoms with Gasteiger partial charge in [0.1, 0.15) is 5.75 Å². The molecule has 0 amide bonds. The van der Waals surface area contributed by atoms with Gasteiger partial charge in [-0.25, -0.2) is 0 Å². The largest absolute Gasteiger partial charge is 0.465 e. The van der Waals surface area contributed by atoms with Gasteiger partial charge in [0, 0.05) is 18.9 Å². The van der Waals surface area contributed by atoms with Crippen LogP contribution in [0.5, 0.6) is 5.75 Å². The average Bonchev–Trinajstić information content (AvgIpc) is 2.21. The van der Waals surface area contributed by atoms with E-state index in [0.29, 0.717) is 11.4 Å². The third-order valence-electron chi connectivity index (χ3n) is 2.03. The van der Waals surface area contributed by atoms with Crippen LogP contribution in [-0.2, 0) is 11.3 Å². The molecule has 1 N–H and O–H groups in total. The number of rotatable bonds is 4. The van der Waals surface area contributed by atoms with Gasteiger partial charge in [-0.1, -0.05) is 0 Å². The van der Waals surface area contributed by atoms with Crippen LogP contribution < -0.4 is 4.74 Å². The van der Waals surface area contributed by atoms with E-state index in [1.165, 1.54) is 0 Å². The van der Waals surface area contributed by atoms with Gasteiger partial charge < -0.3 is 14.6 Å². The monoisotopic (exact) mass is 197 g/mol. The fraction of sp³-hybridized carbons (Fsp3) is 0.500. The number of aliphatic hydroxyl groups is 1. The summed E-state index contributed by atoms with van der Waals surface area (Å²) in [6, 6.07) is 1.75. The number of aliphatic hydroxyl groups excluding tert-OH is 1. The number of ether oxygens (including phenoxy) is 2. The van der Waals surface area contributed by atoms with Crippen molar-refractivity contribution in [2.24, 2.45) is 0 Å². The van der Waals surface area contributed by atoms with Crippen LogP contribution in [-0.4, -0.2) is 23.5 Å². The van der Waals surface area contributed by atoms with Gasteiger partial charge in [-0.2, -0.15) is 0 Å². The van der Waals surface area contributed by atoms with Crippen molar-refractivity contribution < 1.29 is 14.6 Å². The predicted molar refractivity (Wildman–Crippen MR) is 52.0 cm³/mol. The van der Waals surface area contributed by atoms with Crippen LogP contribution >= 0.6 is 0 Å². The zero-order chi connectivity index (χ0) is 10.6. The van der Waals surface area contributed by atoms with Crippen molar-refractivity contribution in [1.29, 1.82) is 0 Å². The van der Waals surface area contributed by atoms with Gasteiger partial charge in [-0.05, 0) is 19.9 Å². The summed E-state index contributed by atoms with van der Waals surface area (Å²) in [4.78, 5) is 4.02. The maximum absolute atomic E-state index is 8.98. The first-order valence-electron chi connectivity index (χ1n) is 4.43. The molecule has 0 aliphatic heterocycles. The minimum atomic E-state index is -0.303. The first kappa shape index (κ1) is 10.9. The van der Waals surface area contributed by atoms with Crippen LogP contribution in [0.4, 0.5) is 0 Å². The molecule has 1 heterocycles. The third kappa shape index (κ3) is 2.43. The Bertz CT molecular complexity index is 301. The molecule has 1 unspecified atom stereocenters. The molecule has 0 radical (unpaired) electrons. The molecular formula is C10H15NO3. The maximum atomic E-state index is 8.98. The Labute approximate surface area is 83.5 Å². The normalized spacial score (nSPS) is 12.6. The molecule has 1 rings (SSSR count). The molecule has 14 heavy (non-hydrogen) atoms. The lowest BCUT2D eigenvalue weighted by molar-refractivity contribution is -0.0388. The van der Waals surface area contributed by atoms with E-state index < -0.39 is 0 Å². The molecule has 0 saturated carbocycles. The van der Waals surface area contributed by atoms with Crippen LogP contribution in [0, 0.1) is 6.92 Å². The standard InChI is InChI=1S/C10H15NO3/c1-7-9(6-12)11-5-4-10(7)14-8(2)13-3/h4-5,8,12H,6H2,1-3H3. The second kappa shape index (κ2) is 4.93. The Morgan fingerprint density at radius 1 is 1.57 bits per heavy atom.